The molecule has 1 saturated heterocycles. The highest BCUT2D eigenvalue weighted by atomic mass is 35.5. The summed E-state index contributed by atoms with van der Waals surface area (Å²) in [6.07, 6.45) is 5.01. The van der Waals surface area contributed by atoms with Gasteiger partial charge < -0.3 is 10.2 Å². The second-order valence-electron chi connectivity index (χ2n) is 7.14. The summed E-state index contributed by atoms with van der Waals surface area (Å²) in [5.41, 5.74) is 2.70. The Balaban J connectivity index is 1.51. The summed E-state index contributed by atoms with van der Waals surface area (Å²) in [5.74, 6) is -0.0162. The summed E-state index contributed by atoms with van der Waals surface area (Å²) in [4.78, 5) is 25.5. The van der Waals surface area contributed by atoms with Crippen LogP contribution in [0, 0.1) is 5.92 Å². The lowest BCUT2D eigenvalue weighted by Crippen LogP contribution is -2.35. The molecule has 2 aromatic carbocycles. The molecule has 1 aliphatic rings. The van der Waals surface area contributed by atoms with E-state index in [-0.39, 0.29) is 18.2 Å². The van der Waals surface area contributed by atoms with E-state index in [1.807, 2.05) is 18.2 Å². The third-order valence-electron chi connectivity index (χ3n) is 5.05. The maximum absolute atomic E-state index is 12.4. The predicted molar refractivity (Wildman–Crippen MR) is 114 cm³/mol. The highest BCUT2D eigenvalue weighted by Gasteiger charge is 2.18. The number of halogens is 2. The lowest BCUT2D eigenvalue weighted by atomic mass is 9.98. The average Bonchev–Trinajstić information content (AvgIpc) is 2.69. The molecule has 1 amide bonds. The smallest absolute Gasteiger partial charge is 0.228 e. The summed E-state index contributed by atoms with van der Waals surface area (Å²) in [7, 11) is 0. The van der Waals surface area contributed by atoms with Gasteiger partial charge in [0.15, 0.2) is 0 Å². The van der Waals surface area contributed by atoms with Gasteiger partial charge in [-0.3, -0.25) is 9.59 Å². The van der Waals surface area contributed by atoms with E-state index in [0.29, 0.717) is 10.0 Å². The topological polar surface area (TPSA) is 49.4 Å². The zero-order chi connectivity index (χ0) is 19.9. The zero-order valence-corrected chi connectivity index (χ0v) is 17.1. The molecule has 1 N–H and O–H groups in total. The van der Waals surface area contributed by atoms with Gasteiger partial charge in [0, 0.05) is 28.2 Å². The van der Waals surface area contributed by atoms with Gasteiger partial charge in [-0.2, -0.15) is 0 Å². The molecular formula is C22H23Cl2N2O2. The van der Waals surface area contributed by atoms with Crippen molar-refractivity contribution in [2.75, 3.05) is 25.0 Å². The first-order valence-electron chi connectivity index (χ1n) is 9.46. The van der Waals surface area contributed by atoms with Crippen LogP contribution in [0.15, 0.2) is 42.5 Å². The number of carbonyl (C=O) groups is 1. The van der Waals surface area contributed by atoms with E-state index in [1.54, 1.807) is 18.2 Å². The molecule has 6 heteroatoms. The van der Waals surface area contributed by atoms with Gasteiger partial charge in [0.05, 0.1) is 6.42 Å². The van der Waals surface area contributed by atoms with Crippen molar-refractivity contribution in [1.29, 1.82) is 0 Å². The lowest BCUT2D eigenvalue weighted by Gasteiger charge is -2.29. The molecule has 2 aromatic rings. The predicted octanol–water partition coefficient (Wildman–Crippen LogP) is 4.54. The zero-order valence-electron chi connectivity index (χ0n) is 15.6. The Hall–Kier alpha value is -1.88. The summed E-state index contributed by atoms with van der Waals surface area (Å²) < 4.78 is 0. The van der Waals surface area contributed by atoms with Gasteiger partial charge in [-0.1, -0.05) is 41.4 Å². The standard InChI is InChI=1S/C22H23Cl2N2O2/c23-19-5-4-18(21(24)14-19)13-22(28)25-20-3-1-2-16(12-20)6-9-26-10-7-17(15-27)8-11-26/h1-5,12,14,17H,6-11,13H2,(H,25,28). The van der Waals surface area contributed by atoms with Gasteiger partial charge in [0.25, 0.3) is 0 Å². The minimum absolute atomic E-state index is 0.101. The van der Waals surface area contributed by atoms with Crippen molar-refractivity contribution in [1.82, 2.24) is 4.90 Å². The van der Waals surface area contributed by atoms with Gasteiger partial charge in [-0.05, 0) is 67.7 Å². The van der Waals surface area contributed by atoms with Crippen molar-refractivity contribution in [2.45, 2.75) is 25.7 Å². The SMILES string of the molecule is O=[C]C1CCN(CCc2cccc(NC(=O)Cc3ccc(Cl)cc3Cl)c2)CC1. The quantitative estimate of drug-likeness (QED) is 0.719. The molecule has 147 valence electrons. The van der Waals surface area contributed by atoms with Gasteiger partial charge >= 0.3 is 0 Å². The number of piperidine rings is 1. The third kappa shape index (κ3) is 6.06. The Bertz CT molecular complexity index is 833. The molecule has 28 heavy (non-hydrogen) atoms. The highest BCUT2D eigenvalue weighted by molar-refractivity contribution is 6.35. The van der Waals surface area contributed by atoms with Crippen molar-refractivity contribution in [3.05, 3.63) is 63.6 Å². The molecule has 0 atom stereocenters. The average molecular weight is 418 g/mol. The Morgan fingerprint density at radius 3 is 2.64 bits per heavy atom. The second kappa shape index (κ2) is 10.1. The Morgan fingerprint density at radius 1 is 1.14 bits per heavy atom. The van der Waals surface area contributed by atoms with E-state index >= 15 is 0 Å². The second-order valence-corrected chi connectivity index (χ2v) is 7.99. The summed E-state index contributed by atoms with van der Waals surface area (Å²) in [6, 6.07) is 13.1. The van der Waals surface area contributed by atoms with E-state index < -0.39 is 0 Å². The van der Waals surface area contributed by atoms with Crippen LogP contribution in [0.4, 0.5) is 5.69 Å². The minimum atomic E-state index is -0.117. The molecule has 1 fully saturated rings. The van der Waals surface area contributed by atoms with Crippen molar-refractivity contribution < 1.29 is 9.59 Å². The highest BCUT2D eigenvalue weighted by Crippen LogP contribution is 2.22. The number of benzene rings is 2. The van der Waals surface area contributed by atoms with E-state index in [1.165, 1.54) is 5.56 Å². The van der Waals surface area contributed by atoms with Gasteiger partial charge in [0.2, 0.25) is 12.2 Å². The molecule has 0 spiro atoms. The van der Waals surface area contributed by atoms with E-state index in [9.17, 15) is 9.59 Å². The van der Waals surface area contributed by atoms with Crippen LogP contribution in [0.5, 0.6) is 0 Å². The minimum Gasteiger partial charge on any atom is -0.326 e. The lowest BCUT2D eigenvalue weighted by molar-refractivity contribution is -0.115. The summed E-state index contributed by atoms with van der Waals surface area (Å²) >= 11 is 12.0. The van der Waals surface area contributed by atoms with E-state index in [2.05, 4.69) is 22.6 Å². The van der Waals surface area contributed by atoms with Crippen molar-refractivity contribution in [3.63, 3.8) is 0 Å². The molecule has 0 bridgehead atoms. The molecule has 4 nitrogen and oxygen atoms in total. The van der Waals surface area contributed by atoms with Crippen molar-refractivity contribution in [2.24, 2.45) is 5.92 Å². The normalized spacial score (nSPS) is 15.4. The number of hydrogen-bond donors (Lipinski definition) is 1. The van der Waals surface area contributed by atoms with Crippen LogP contribution in [-0.2, 0) is 22.4 Å². The molecule has 0 aliphatic carbocycles. The largest absolute Gasteiger partial charge is 0.326 e. The molecule has 1 aliphatic heterocycles. The van der Waals surface area contributed by atoms with Crippen molar-refractivity contribution >= 4 is 41.1 Å². The Kier molecular flexibility index (Phi) is 7.49. The number of nitrogens with zero attached hydrogens (tertiary/aromatic N) is 1. The van der Waals surface area contributed by atoms with Crippen LogP contribution >= 0.6 is 23.2 Å². The number of rotatable bonds is 7. The molecule has 0 unspecified atom stereocenters. The first-order chi connectivity index (χ1) is 13.5. The number of likely N-dealkylation sites (tertiary alicyclic amines) is 1. The first-order valence-corrected chi connectivity index (χ1v) is 10.2. The summed E-state index contributed by atoms with van der Waals surface area (Å²) in [6.45, 7) is 2.83. The maximum atomic E-state index is 12.4. The van der Waals surface area contributed by atoms with Crippen LogP contribution in [0.2, 0.25) is 10.0 Å². The van der Waals surface area contributed by atoms with Crippen LogP contribution in [0.3, 0.4) is 0 Å². The number of amides is 1. The fraction of sp³-hybridized carbons (Fsp3) is 0.364. The number of anilines is 1. The molecule has 3 rings (SSSR count). The molecule has 1 radical (unpaired) electrons. The van der Waals surface area contributed by atoms with Gasteiger partial charge in [0.1, 0.15) is 0 Å². The van der Waals surface area contributed by atoms with Gasteiger partial charge in [-0.25, -0.2) is 0 Å². The van der Waals surface area contributed by atoms with Gasteiger partial charge in [-0.15, -0.1) is 0 Å². The molecular weight excluding hydrogens is 395 g/mol. The number of hydrogen-bond acceptors (Lipinski definition) is 3. The van der Waals surface area contributed by atoms with E-state index in [4.69, 9.17) is 23.2 Å². The maximum Gasteiger partial charge on any atom is 0.228 e. The van der Waals surface area contributed by atoms with Crippen LogP contribution in [-0.4, -0.2) is 36.7 Å². The summed E-state index contributed by atoms with van der Waals surface area (Å²) in [5, 5.41) is 3.98. The number of carbonyl (C=O) groups excluding carboxylic acids is 2. The Labute approximate surface area is 175 Å². The fourth-order valence-corrected chi connectivity index (χ4v) is 3.88. The van der Waals surface area contributed by atoms with E-state index in [0.717, 1.165) is 50.1 Å². The molecule has 0 saturated carbocycles. The fourth-order valence-electron chi connectivity index (χ4n) is 3.41. The van der Waals surface area contributed by atoms with Crippen LogP contribution < -0.4 is 5.32 Å². The van der Waals surface area contributed by atoms with Crippen LogP contribution in [0.25, 0.3) is 0 Å². The monoisotopic (exact) mass is 417 g/mol. The molecule has 0 aromatic heterocycles. The number of nitrogens with one attached hydrogen (secondary N) is 1. The Morgan fingerprint density at radius 2 is 1.93 bits per heavy atom. The molecule has 1 heterocycles. The third-order valence-corrected chi connectivity index (χ3v) is 5.63. The van der Waals surface area contributed by atoms with Crippen molar-refractivity contribution in [3.8, 4) is 0 Å². The van der Waals surface area contributed by atoms with Crippen LogP contribution in [0.1, 0.15) is 24.0 Å². The first kappa shape index (κ1) is 20.8.